The van der Waals surface area contributed by atoms with E-state index < -0.39 is 0 Å². The molecule has 0 aliphatic heterocycles. The maximum atomic E-state index is 13.0. The van der Waals surface area contributed by atoms with Crippen molar-refractivity contribution in [1.82, 2.24) is 24.5 Å². The molecule has 34 heavy (non-hydrogen) atoms. The van der Waals surface area contributed by atoms with Crippen LogP contribution in [0.25, 0.3) is 16.0 Å². The van der Waals surface area contributed by atoms with Crippen molar-refractivity contribution in [3.63, 3.8) is 0 Å². The van der Waals surface area contributed by atoms with Crippen molar-refractivity contribution in [2.45, 2.75) is 90.6 Å². The largest absolute Gasteiger partial charge is 0.353 e. The molecular weight excluding hydrogens is 446 g/mol. The molecule has 0 saturated heterocycles. The lowest BCUT2D eigenvalue weighted by atomic mass is 9.48. The van der Waals surface area contributed by atoms with E-state index in [1.165, 1.54) is 49.9 Å². The zero-order valence-electron chi connectivity index (χ0n) is 20.3. The van der Waals surface area contributed by atoms with Gasteiger partial charge in [-0.3, -0.25) is 18.6 Å². The first-order chi connectivity index (χ1) is 16.5. The van der Waals surface area contributed by atoms with Crippen LogP contribution in [0.1, 0.15) is 77.5 Å². The van der Waals surface area contributed by atoms with Crippen LogP contribution in [0.15, 0.2) is 16.2 Å². The van der Waals surface area contributed by atoms with Crippen molar-refractivity contribution >= 4 is 33.2 Å². The summed E-state index contributed by atoms with van der Waals surface area (Å²) in [6.45, 7) is 4.98. The monoisotopic (exact) mass is 481 g/mol. The average Bonchev–Trinajstić information content (AvgIpc) is 3.44. The molecule has 7 rings (SSSR count). The smallest absolute Gasteiger partial charge is 0.272 e. The van der Waals surface area contributed by atoms with Gasteiger partial charge in [0.1, 0.15) is 10.5 Å². The molecule has 0 spiro atoms. The number of unbranched alkanes of at least 4 members (excludes halogenated alkanes) is 1. The first kappa shape index (κ1) is 22.3. The van der Waals surface area contributed by atoms with E-state index in [4.69, 9.17) is 0 Å². The minimum Gasteiger partial charge on any atom is -0.353 e. The standard InChI is InChI=1S/C26H35N5O2S/c1-3-4-8-30-24(33)23-20(7-9-34-23)31-21(28-29-25(30)31)5-6-22(32)27-16(2)26-13-17-10-18(14-26)12-19(11-17)15-26/h7,9,16-19H,3-6,8,10-15H2,1-2H3,(H,27,32)/t16-,17?,18?,19?,26?/m1/s1. The van der Waals surface area contributed by atoms with Gasteiger partial charge in [-0.25, -0.2) is 0 Å². The van der Waals surface area contributed by atoms with Gasteiger partial charge in [-0.2, -0.15) is 0 Å². The number of rotatable bonds is 8. The highest BCUT2D eigenvalue weighted by atomic mass is 32.1. The molecule has 0 unspecified atom stereocenters. The second-order valence-corrected chi connectivity index (χ2v) is 12.2. The topological polar surface area (TPSA) is 81.3 Å². The first-order valence-electron chi connectivity index (χ1n) is 13.1. The number of aromatic nitrogens is 4. The molecule has 3 heterocycles. The third kappa shape index (κ3) is 3.60. The highest BCUT2D eigenvalue weighted by Crippen LogP contribution is 2.61. The Morgan fingerprint density at radius 1 is 1.21 bits per heavy atom. The second kappa shape index (κ2) is 8.47. The molecular formula is C26H35N5O2S. The van der Waals surface area contributed by atoms with Gasteiger partial charge in [0.05, 0.1) is 5.52 Å². The van der Waals surface area contributed by atoms with Gasteiger partial charge in [-0.1, -0.05) is 13.3 Å². The molecule has 7 nitrogen and oxygen atoms in total. The fraction of sp³-hybridized carbons (Fsp3) is 0.692. The number of hydrogen-bond donors (Lipinski definition) is 1. The van der Waals surface area contributed by atoms with Crippen molar-refractivity contribution in [3.05, 3.63) is 27.6 Å². The Kier molecular flexibility index (Phi) is 5.54. The number of hydrogen-bond acceptors (Lipinski definition) is 5. The van der Waals surface area contributed by atoms with Gasteiger partial charge in [0.15, 0.2) is 0 Å². The summed E-state index contributed by atoms with van der Waals surface area (Å²) < 4.78 is 4.46. The van der Waals surface area contributed by atoms with E-state index in [0.29, 0.717) is 30.6 Å². The van der Waals surface area contributed by atoms with Gasteiger partial charge in [0.2, 0.25) is 11.7 Å². The normalized spacial score (nSPS) is 28.7. The predicted octanol–water partition coefficient (Wildman–Crippen LogP) is 4.56. The molecule has 0 aromatic carbocycles. The van der Waals surface area contributed by atoms with Gasteiger partial charge < -0.3 is 5.32 Å². The van der Waals surface area contributed by atoms with E-state index >= 15 is 0 Å². The SMILES string of the molecule is CCCCn1c(=O)c2sccc2n2c(CCC(=O)N[C@H](C)C34CC5CC(CC(C5)C3)C4)nnc12. The number of fused-ring (bicyclic) bond motifs is 3. The molecule has 8 heteroatoms. The Bertz CT molecular complexity index is 1250. The van der Waals surface area contributed by atoms with E-state index in [1.807, 2.05) is 15.8 Å². The van der Waals surface area contributed by atoms with Crippen LogP contribution in [0.3, 0.4) is 0 Å². The van der Waals surface area contributed by atoms with Crippen molar-refractivity contribution in [3.8, 4) is 0 Å². The molecule has 3 aromatic heterocycles. The number of nitrogens with zero attached hydrogens (tertiary/aromatic N) is 4. The number of carbonyl (C=O) groups excluding carboxylic acids is 1. The molecule has 4 fully saturated rings. The van der Waals surface area contributed by atoms with Gasteiger partial charge in [0.25, 0.3) is 5.56 Å². The maximum absolute atomic E-state index is 13.0. The summed E-state index contributed by atoms with van der Waals surface area (Å²) in [4.78, 5) is 26.0. The Hall–Kier alpha value is -2.22. The Labute approximate surface area is 203 Å². The molecule has 1 N–H and O–H groups in total. The summed E-state index contributed by atoms with van der Waals surface area (Å²) in [5.41, 5.74) is 1.16. The van der Waals surface area contributed by atoms with Crippen molar-refractivity contribution in [2.24, 2.45) is 23.2 Å². The van der Waals surface area contributed by atoms with Gasteiger partial charge in [-0.15, -0.1) is 21.5 Å². The van der Waals surface area contributed by atoms with E-state index in [0.717, 1.165) is 46.6 Å². The molecule has 4 saturated carbocycles. The summed E-state index contributed by atoms with van der Waals surface area (Å²) in [5, 5.41) is 14.1. The number of thiophene rings is 1. The van der Waals surface area contributed by atoms with Crippen LogP contribution in [0.4, 0.5) is 0 Å². The molecule has 1 amide bonds. The van der Waals surface area contributed by atoms with Crippen LogP contribution in [0, 0.1) is 23.2 Å². The highest BCUT2D eigenvalue weighted by molar-refractivity contribution is 7.17. The van der Waals surface area contributed by atoms with Crippen LogP contribution in [0.5, 0.6) is 0 Å². The number of aryl methyl sites for hydroxylation is 2. The summed E-state index contributed by atoms with van der Waals surface area (Å²) in [7, 11) is 0. The third-order valence-electron chi connectivity index (χ3n) is 8.97. The summed E-state index contributed by atoms with van der Waals surface area (Å²) in [6, 6.07) is 2.19. The van der Waals surface area contributed by atoms with Crippen LogP contribution < -0.4 is 10.9 Å². The van der Waals surface area contributed by atoms with Crippen LogP contribution >= 0.6 is 11.3 Å². The lowest BCUT2D eigenvalue weighted by Gasteiger charge is -2.59. The van der Waals surface area contributed by atoms with Crippen molar-refractivity contribution in [1.29, 1.82) is 0 Å². The zero-order chi connectivity index (χ0) is 23.4. The molecule has 4 aliphatic rings. The lowest BCUT2D eigenvalue weighted by Crippen LogP contribution is -2.55. The van der Waals surface area contributed by atoms with E-state index in [9.17, 15) is 9.59 Å². The first-order valence-corrected chi connectivity index (χ1v) is 14.0. The fourth-order valence-electron chi connectivity index (χ4n) is 7.66. The predicted molar refractivity (Wildman–Crippen MR) is 134 cm³/mol. The fourth-order valence-corrected chi connectivity index (χ4v) is 8.48. The minimum atomic E-state index is 0.00652. The van der Waals surface area contributed by atoms with Gasteiger partial charge in [-0.05, 0) is 86.5 Å². The number of nitrogens with one attached hydrogen (secondary N) is 1. The summed E-state index contributed by atoms with van der Waals surface area (Å²) in [5.74, 6) is 4.08. The maximum Gasteiger partial charge on any atom is 0.272 e. The third-order valence-corrected chi connectivity index (χ3v) is 9.86. The molecule has 4 aliphatic carbocycles. The van der Waals surface area contributed by atoms with Gasteiger partial charge >= 0.3 is 0 Å². The average molecular weight is 482 g/mol. The van der Waals surface area contributed by atoms with E-state index in [1.54, 1.807) is 4.57 Å². The Balaban J connectivity index is 1.19. The van der Waals surface area contributed by atoms with Crippen molar-refractivity contribution < 1.29 is 4.79 Å². The summed E-state index contributed by atoms with van der Waals surface area (Å²) >= 11 is 1.46. The Morgan fingerprint density at radius 3 is 2.59 bits per heavy atom. The van der Waals surface area contributed by atoms with E-state index in [2.05, 4.69) is 29.4 Å². The number of amides is 1. The highest BCUT2D eigenvalue weighted by Gasteiger charge is 2.53. The number of carbonyl (C=O) groups is 1. The second-order valence-electron chi connectivity index (χ2n) is 11.3. The lowest BCUT2D eigenvalue weighted by molar-refractivity contribution is -0.125. The molecule has 4 bridgehead atoms. The van der Waals surface area contributed by atoms with Crippen LogP contribution in [-0.2, 0) is 17.8 Å². The van der Waals surface area contributed by atoms with Crippen LogP contribution in [-0.4, -0.2) is 31.1 Å². The molecule has 0 radical (unpaired) electrons. The van der Waals surface area contributed by atoms with E-state index in [-0.39, 0.29) is 17.5 Å². The molecule has 182 valence electrons. The molecule has 3 aromatic rings. The molecule has 1 atom stereocenters. The van der Waals surface area contributed by atoms with Gasteiger partial charge in [0, 0.05) is 25.4 Å². The Morgan fingerprint density at radius 2 is 1.91 bits per heavy atom. The minimum absolute atomic E-state index is 0.00652. The van der Waals surface area contributed by atoms with Crippen LogP contribution in [0.2, 0.25) is 0 Å². The quantitative estimate of drug-likeness (QED) is 0.511. The van der Waals surface area contributed by atoms with Crippen molar-refractivity contribution in [2.75, 3.05) is 0 Å². The summed E-state index contributed by atoms with van der Waals surface area (Å²) in [6.07, 6.45) is 10.9. The zero-order valence-corrected chi connectivity index (χ0v) is 21.1.